The van der Waals surface area contributed by atoms with Gasteiger partial charge in [0.05, 0.1) is 18.7 Å². The predicted octanol–water partition coefficient (Wildman–Crippen LogP) is 4.66. The molecule has 1 aliphatic rings. The van der Waals surface area contributed by atoms with Crippen LogP contribution < -0.4 is 15.0 Å². The molecule has 1 aliphatic heterocycles. The lowest BCUT2D eigenvalue weighted by molar-refractivity contribution is -0.120. The molecule has 0 bridgehead atoms. The normalized spacial score (nSPS) is 16.2. The molecule has 1 N–H and O–H groups in total. The number of hydrogen-bond donors (Lipinski definition) is 1. The number of piperidine rings is 1. The molecule has 7 heteroatoms. The van der Waals surface area contributed by atoms with Gasteiger partial charge in [0.1, 0.15) is 5.75 Å². The fourth-order valence-corrected chi connectivity index (χ4v) is 3.74. The first-order chi connectivity index (χ1) is 14.6. The Labute approximate surface area is 180 Å². The zero-order chi connectivity index (χ0) is 20.9. The molecule has 3 aromatic rings. The van der Waals surface area contributed by atoms with E-state index in [9.17, 15) is 4.79 Å². The van der Waals surface area contributed by atoms with Crippen LogP contribution in [0.4, 0.5) is 11.5 Å². The number of nitrogens with one attached hydrogen (secondary N) is 1. The average Bonchev–Trinajstić information content (AvgIpc) is 2.80. The summed E-state index contributed by atoms with van der Waals surface area (Å²) in [5.74, 6) is 1.40. The van der Waals surface area contributed by atoms with Crippen LogP contribution in [0.1, 0.15) is 12.8 Å². The Bertz CT molecular complexity index is 1010. The third kappa shape index (κ3) is 4.71. The molecule has 1 atom stereocenters. The van der Waals surface area contributed by atoms with Gasteiger partial charge in [-0.2, -0.15) is 0 Å². The summed E-state index contributed by atoms with van der Waals surface area (Å²) in [6.07, 6.45) is 1.78. The van der Waals surface area contributed by atoms with Gasteiger partial charge >= 0.3 is 0 Å². The second-order valence-corrected chi connectivity index (χ2v) is 7.73. The molecule has 0 aliphatic carbocycles. The lowest BCUT2D eigenvalue weighted by atomic mass is 9.97. The Morgan fingerprint density at radius 2 is 1.97 bits per heavy atom. The summed E-state index contributed by atoms with van der Waals surface area (Å²) in [4.78, 5) is 14.9. The number of aromatic nitrogens is 2. The van der Waals surface area contributed by atoms with Crippen molar-refractivity contribution >= 4 is 29.0 Å². The number of carbonyl (C=O) groups excluding carboxylic acids is 1. The van der Waals surface area contributed by atoms with E-state index in [-0.39, 0.29) is 11.8 Å². The summed E-state index contributed by atoms with van der Waals surface area (Å²) >= 11 is 5.95. The van der Waals surface area contributed by atoms with Gasteiger partial charge in [-0.25, -0.2) is 0 Å². The molecule has 2 heterocycles. The maximum absolute atomic E-state index is 12.8. The lowest BCUT2D eigenvalue weighted by Gasteiger charge is -2.32. The SMILES string of the molecule is COc1cccc(NC(=O)C2CCCN(c3ccc(-c4ccc(Cl)cc4)nn3)C2)c1. The van der Waals surface area contributed by atoms with Gasteiger partial charge in [0.25, 0.3) is 0 Å². The molecule has 30 heavy (non-hydrogen) atoms. The minimum absolute atomic E-state index is 0.0127. The number of amides is 1. The molecule has 1 saturated heterocycles. The number of anilines is 2. The summed E-state index contributed by atoms with van der Waals surface area (Å²) in [7, 11) is 1.61. The van der Waals surface area contributed by atoms with E-state index in [4.69, 9.17) is 16.3 Å². The quantitative estimate of drug-likeness (QED) is 0.647. The van der Waals surface area contributed by atoms with Crippen LogP contribution in [0.3, 0.4) is 0 Å². The monoisotopic (exact) mass is 422 g/mol. The number of halogens is 1. The van der Waals surface area contributed by atoms with Crippen LogP contribution in [0, 0.1) is 5.92 Å². The first-order valence-electron chi connectivity index (χ1n) is 9.92. The zero-order valence-corrected chi connectivity index (χ0v) is 17.5. The van der Waals surface area contributed by atoms with E-state index in [1.54, 1.807) is 7.11 Å². The highest BCUT2D eigenvalue weighted by Gasteiger charge is 2.27. The molecule has 6 nitrogen and oxygen atoms in total. The van der Waals surface area contributed by atoms with Gasteiger partial charge in [-0.3, -0.25) is 4.79 Å². The van der Waals surface area contributed by atoms with Crippen molar-refractivity contribution in [1.29, 1.82) is 0 Å². The number of rotatable bonds is 5. The molecule has 4 rings (SSSR count). The maximum atomic E-state index is 12.8. The minimum atomic E-state index is -0.109. The number of carbonyl (C=O) groups is 1. The Hall–Kier alpha value is -3.12. The first-order valence-corrected chi connectivity index (χ1v) is 10.3. The Morgan fingerprint density at radius 1 is 1.13 bits per heavy atom. The topological polar surface area (TPSA) is 67.3 Å². The van der Waals surface area contributed by atoms with E-state index in [1.165, 1.54) is 0 Å². The van der Waals surface area contributed by atoms with Crippen LogP contribution in [0.5, 0.6) is 5.75 Å². The zero-order valence-electron chi connectivity index (χ0n) is 16.7. The molecular formula is C23H23ClN4O2. The number of benzene rings is 2. The van der Waals surface area contributed by atoms with Gasteiger partial charge in [-0.05, 0) is 49.2 Å². The Balaban J connectivity index is 1.41. The summed E-state index contributed by atoms with van der Waals surface area (Å²) in [5.41, 5.74) is 2.50. The highest BCUT2D eigenvalue weighted by Crippen LogP contribution is 2.25. The van der Waals surface area contributed by atoms with Crippen LogP contribution in [-0.4, -0.2) is 36.3 Å². The van der Waals surface area contributed by atoms with E-state index < -0.39 is 0 Å². The molecular weight excluding hydrogens is 400 g/mol. The van der Waals surface area contributed by atoms with Crippen molar-refractivity contribution in [3.63, 3.8) is 0 Å². The van der Waals surface area contributed by atoms with E-state index in [1.807, 2.05) is 60.7 Å². The van der Waals surface area contributed by atoms with E-state index in [0.29, 0.717) is 17.3 Å². The van der Waals surface area contributed by atoms with Crippen LogP contribution in [0.2, 0.25) is 5.02 Å². The summed E-state index contributed by atoms with van der Waals surface area (Å²) in [5, 5.41) is 12.4. The van der Waals surface area contributed by atoms with Gasteiger partial charge in [0, 0.05) is 35.4 Å². The minimum Gasteiger partial charge on any atom is -0.497 e. The van der Waals surface area contributed by atoms with Gasteiger partial charge in [-0.1, -0.05) is 29.8 Å². The number of hydrogen-bond acceptors (Lipinski definition) is 5. The van der Waals surface area contributed by atoms with E-state index in [2.05, 4.69) is 20.4 Å². The third-order valence-corrected chi connectivity index (χ3v) is 5.50. The van der Waals surface area contributed by atoms with Crippen LogP contribution in [0.15, 0.2) is 60.7 Å². The Morgan fingerprint density at radius 3 is 2.70 bits per heavy atom. The van der Waals surface area contributed by atoms with E-state index >= 15 is 0 Å². The lowest BCUT2D eigenvalue weighted by Crippen LogP contribution is -2.41. The summed E-state index contributed by atoms with van der Waals surface area (Å²) in [6, 6.07) is 18.8. The Kier molecular flexibility index (Phi) is 6.14. The molecule has 2 aromatic carbocycles. The number of ether oxygens (including phenoxy) is 1. The summed E-state index contributed by atoms with van der Waals surface area (Å²) in [6.45, 7) is 1.47. The third-order valence-electron chi connectivity index (χ3n) is 5.24. The molecule has 154 valence electrons. The predicted molar refractivity (Wildman–Crippen MR) is 119 cm³/mol. The van der Waals surface area contributed by atoms with Crippen molar-refractivity contribution in [3.05, 3.63) is 65.7 Å². The van der Waals surface area contributed by atoms with Crippen LogP contribution in [-0.2, 0) is 4.79 Å². The van der Waals surface area contributed by atoms with Crippen LogP contribution in [0.25, 0.3) is 11.3 Å². The number of methoxy groups -OCH3 is 1. The van der Waals surface area contributed by atoms with E-state index in [0.717, 1.165) is 42.1 Å². The van der Waals surface area contributed by atoms with Gasteiger partial charge in [0.15, 0.2) is 5.82 Å². The largest absolute Gasteiger partial charge is 0.497 e. The van der Waals surface area contributed by atoms with Gasteiger partial charge < -0.3 is 15.0 Å². The standard InChI is InChI=1S/C23H23ClN4O2/c1-30-20-6-2-5-19(14-20)25-23(29)17-4-3-13-28(15-17)22-12-11-21(26-27-22)16-7-9-18(24)10-8-16/h2,5-12,14,17H,3-4,13,15H2,1H3,(H,25,29). The van der Waals surface area contributed by atoms with Crippen molar-refractivity contribution in [1.82, 2.24) is 10.2 Å². The smallest absolute Gasteiger partial charge is 0.229 e. The van der Waals surface area contributed by atoms with Gasteiger partial charge in [-0.15, -0.1) is 10.2 Å². The molecule has 1 fully saturated rings. The maximum Gasteiger partial charge on any atom is 0.229 e. The second-order valence-electron chi connectivity index (χ2n) is 7.29. The van der Waals surface area contributed by atoms with Crippen molar-refractivity contribution in [2.45, 2.75) is 12.8 Å². The first kappa shape index (κ1) is 20.2. The molecule has 1 unspecified atom stereocenters. The molecule has 0 radical (unpaired) electrons. The molecule has 1 aromatic heterocycles. The molecule has 0 saturated carbocycles. The fourth-order valence-electron chi connectivity index (χ4n) is 3.61. The molecule has 1 amide bonds. The van der Waals surface area contributed by atoms with Crippen molar-refractivity contribution in [2.75, 3.05) is 30.4 Å². The van der Waals surface area contributed by atoms with Crippen LogP contribution >= 0.6 is 11.6 Å². The summed E-state index contributed by atoms with van der Waals surface area (Å²) < 4.78 is 5.22. The highest BCUT2D eigenvalue weighted by molar-refractivity contribution is 6.30. The van der Waals surface area contributed by atoms with Crippen molar-refractivity contribution in [2.24, 2.45) is 5.92 Å². The van der Waals surface area contributed by atoms with Crippen molar-refractivity contribution in [3.8, 4) is 17.0 Å². The average molecular weight is 423 g/mol. The fraction of sp³-hybridized carbons (Fsp3) is 0.261. The second kappa shape index (κ2) is 9.13. The molecule has 0 spiro atoms. The number of nitrogens with zero attached hydrogens (tertiary/aromatic N) is 3. The van der Waals surface area contributed by atoms with Crippen molar-refractivity contribution < 1.29 is 9.53 Å². The van der Waals surface area contributed by atoms with Gasteiger partial charge in [0.2, 0.25) is 5.91 Å². The highest BCUT2D eigenvalue weighted by atomic mass is 35.5.